The van der Waals surface area contributed by atoms with E-state index in [2.05, 4.69) is 17.0 Å². The number of rotatable bonds is 3. The van der Waals surface area contributed by atoms with E-state index in [1.807, 2.05) is 0 Å². The third-order valence-corrected chi connectivity index (χ3v) is 3.22. The Hall–Kier alpha value is -0.130. The molecular weight excluding hydrogens is 188 g/mol. The van der Waals surface area contributed by atoms with E-state index >= 15 is 0 Å². The minimum absolute atomic E-state index is 0.419. The number of piperidine rings is 1. The zero-order valence-corrected chi connectivity index (χ0v) is 9.02. The van der Waals surface area contributed by atoms with E-state index in [-0.39, 0.29) is 0 Å². The summed E-state index contributed by atoms with van der Waals surface area (Å²) in [5.41, 5.74) is 0. The quantitative estimate of drug-likeness (QED) is 0.679. The molecule has 0 amide bonds. The monoisotopic (exact) mass is 206 g/mol. The fourth-order valence-corrected chi connectivity index (χ4v) is 2.16. The van der Waals surface area contributed by atoms with Crippen molar-refractivity contribution in [3.63, 3.8) is 0 Å². The number of hydrogen-bond acceptors (Lipinski definition) is 3. The van der Waals surface area contributed by atoms with E-state index in [0.29, 0.717) is 18.5 Å². The predicted octanol–water partition coefficient (Wildman–Crippen LogP) is -0.0763. The van der Waals surface area contributed by atoms with Crippen LogP contribution in [0.25, 0.3) is 0 Å². The van der Waals surface area contributed by atoms with Gasteiger partial charge in [-0.1, -0.05) is 0 Å². The van der Waals surface area contributed by atoms with Gasteiger partial charge in [0.1, 0.15) is 0 Å². The van der Waals surface area contributed by atoms with Gasteiger partial charge >= 0.3 is 0 Å². The maximum atomic E-state index is 10.8. The Morgan fingerprint density at radius 3 is 2.77 bits per heavy atom. The first kappa shape index (κ1) is 10.9. The molecular formula is C8H18N2O2S. The average molecular weight is 206 g/mol. The summed E-state index contributed by atoms with van der Waals surface area (Å²) in [4.78, 5) is 0. The molecule has 0 radical (unpaired) electrons. The van der Waals surface area contributed by atoms with Crippen molar-refractivity contribution in [3.8, 4) is 0 Å². The van der Waals surface area contributed by atoms with Crippen LogP contribution in [0.4, 0.5) is 0 Å². The lowest BCUT2D eigenvalue weighted by Crippen LogP contribution is -2.44. The maximum absolute atomic E-state index is 10.8. The normalized spacial score (nSPS) is 30.3. The lowest BCUT2D eigenvalue weighted by molar-refractivity contribution is 0.297. The minimum Gasteiger partial charge on any atom is -0.314 e. The Balaban J connectivity index is 2.35. The molecule has 13 heavy (non-hydrogen) atoms. The zero-order chi connectivity index (χ0) is 9.90. The van der Waals surface area contributed by atoms with Crippen molar-refractivity contribution in [1.29, 1.82) is 0 Å². The highest BCUT2D eigenvalue weighted by Gasteiger charge is 2.21. The lowest BCUT2D eigenvalue weighted by Gasteiger charge is -2.29. The van der Waals surface area contributed by atoms with Gasteiger partial charge in [0.2, 0.25) is 10.0 Å². The Morgan fingerprint density at radius 2 is 2.23 bits per heavy atom. The van der Waals surface area contributed by atoms with Gasteiger partial charge in [-0.2, -0.15) is 0 Å². The molecule has 78 valence electrons. The second-order valence-electron chi connectivity index (χ2n) is 3.77. The summed E-state index contributed by atoms with van der Waals surface area (Å²) in [5, 5.41) is 3.33. The van der Waals surface area contributed by atoms with Crippen LogP contribution in [0, 0.1) is 5.92 Å². The molecule has 1 heterocycles. The van der Waals surface area contributed by atoms with E-state index in [1.54, 1.807) is 0 Å². The van der Waals surface area contributed by atoms with Gasteiger partial charge < -0.3 is 5.32 Å². The van der Waals surface area contributed by atoms with Gasteiger partial charge in [-0.15, -0.1) is 0 Å². The molecule has 2 N–H and O–H groups in total. The van der Waals surface area contributed by atoms with Gasteiger partial charge in [-0.05, 0) is 32.2 Å². The van der Waals surface area contributed by atoms with Gasteiger partial charge in [0, 0.05) is 12.6 Å². The van der Waals surface area contributed by atoms with Crippen LogP contribution in [0.3, 0.4) is 0 Å². The second kappa shape index (κ2) is 4.39. The van der Waals surface area contributed by atoms with Crippen LogP contribution < -0.4 is 10.0 Å². The molecule has 0 spiro atoms. The van der Waals surface area contributed by atoms with Crippen molar-refractivity contribution < 1.29 is 8.42 Å². The first-order valence-electron chi connectivity index (χ1n) is 4.67. The molecule has 2 atom stereocenters. The van der Waals surface area contributed by atoms with Crippen LogP contribution in [0.5, 0.6) is 0 Å². The van der Waals surface area contributed by atoms with Gasteiger partial charge in [0.15, 0.2) is 0 Å². The molecule has 2 unspecified atom stereocenters. The third-order valence-electron chi connectivity index (χ3n) is 2.53. The Bertz CT molecular complexity index is 251. The Labute approximate surface area is 80.1 Å². The van der Waals surface area contributed by atoms with Gasteiger partial charge in [0.05, 0.1) is 6.26 Å². The highest BCUT2D eigenvalue weighted by Crippen LogP contribution is 2.14. The summed E-state index contributed by atoms with van der Waals surface area (Å²) in [5.74, 6) is 0.434. The molecule has 0 aromatic carbocycles. The molecule has 0 saturated carbocycles. The molecule has 1 aliphatic rings. The van der Waals surface area contributed by atoms with E-state index in [0.717, 1.165) is 19.4 Å². The number of hydrogen-bond donors (Lipinski definition) is 2. The van der Waals surface area contributed by atoms with Crippen LogP contribution in [0.2, 0.25) is 0 Å². The first-order valence-corrected chi connectivity index (χ1v) is 6.56. The molecule has 1 aliphatic heterocycles. The van der Waals surface area contributed by atoms with Crippen LogP contribution in [-0.2, 0) is 10.0 Å². The summed E-state index contributed by atoms with van der Waals surface area (Å²) in [6, 6.07) is 0.419. The summed E-state index contributed by atoms with van der Waals surface area (Å²) >= 11 is 0. The standard InChI is InChI=1S/C8H18N2O2S/c1-7-8(4-3-5-9-7)6-10-13(2,11)12/h7-10H,3-6H2,1-2H3. The molecule has 0 bridgehead atoms. The van der Waals surface area contributed by atoms with E-state index in [9.17, 15) is 8.42 Å². The SMILES string of the molecule is CC1NCCCC1CNS(C)(=O)=O. The Kier molecular flexibility index (Phi) is 3.70. The summed E-state index contributed by atoms with van der Waals surface area (Å²) in [6.07, 6.45) is 3.45. The first-order chi connectivity index (χ1) is 5.99. The minimum atomic E-state index is -3.02. The molecule has 0 aromatic heterocycles. The second-order valence-corrected chi connectivity index (χ2v) is 5.60. The third kappa shape index (κ3) is 4.06. The van der Waals surface area contributed by atoms with Crippen molar-refractivity contribution >= 4 is 10.0 Å². The summed E-state index contributed by atoms with van der Waals surface area (Å²) in [6.45, 7) is 3.72. The summed E-state index contributed by atoms with van der Waals surface area (Å²) < 4.78 is 24.3. The largest absolute Gasteiger partial charge is 0.314 e. The highest BCUT2D eigenvalue weighted by molar-refractivity contribution is 7.88. The van der Waals surface area contributed by atoms with E-state index in [1.165, 1.54) is 6.26 Å². The number of nitrogens with one attached hydrogen (secondary N) is 2. The Morgan fingerprint density at radius 1 is 1.54 bits per heavy atom. The maximum Gasteiger partial charge on any atom is 0.208 e. The van der Waals surface area contributed by atoms with Crippen molar-refractivity contribution in [1.82, 2.24) is 10.0 Å². The average Bonchev–Trinajstić information content (AvgIpc) is 2.01. The van der Waals surface area contributed by atoms with Gasteiger partial charge in [-0.3, -0.25) is 0 Å². The van der Waals surface area contributed by atoms with Crippen molar-refractivity contribution in [2.24, 2.45) is 5.92 Å². The van der Waals surface area contributed by atoms with Crippen molar-refractivity contribution in [3.05, 3.63) is 0 Å². The topological polar surface area (TPSA) is 58.2 Å². The molecule has 1 fully saturated rings. The van der Waals surface area contributed by atoms with Crippen LogP contribution >= 0.6 is 0 Å². The highest BCUT2D eigenvalue weighted by atomic mass is 32.2. The van der Waals surface area contributed by atoms with E-state index in [4.69, 9.17) is 0 Å². The molecule has 1 rings (SSSR count). The van der Waals surface area contributed by atoms with Crippen LogP contribution in [0.1, 0.15) is 19.8 Å². The lowest BCUT2D eigenvalue weighted by atomic mass is 9.92. The van der Waals surface area contributed by atoms with Crippen molar-refractivity contribution in [2.45, 2.75) is 25.8 Å². The molecule has 4 nitrogen and oxygen atoms in total. The van der Waals surface area contributed by atoms with E-state index < -0.39 is 10.0 Å². The van der Waals surface area contributed by atoms with Crippen LogP contribution in [-0.4, -0.2) is 33.8 Å². The van der Waals surface area contributed by atoms with Gasteiger partial charge in [0.25, 0.3) is 0 Å². The van der Waals surface area contributed by atoms with Gasteiger partial charge in [-0.25, -0.2) is 13.1 Å². The zero-order valence-electron chi connectivity index (χ0n) is 8.21. The van der Waals surface area contributed by atoms with Crippen LogP contribution in [0.15, 0.2) is 0 Å². The predicted molar refractivity (Wildman–Crippen MR) is 53.0 cm³/mol. The molecule has 5 heteroatoms. The van der Waals surface area contributed by atoms with Crippen molar-refractivity contribution in [2.75, 3.05) is 19.3 Å². The fourth-order valence-electron chi connectivity index (χ4n) is 1.65. The molecule has 0 aliphatic carbocycles. The summed E-state index contributed by atoms with van der Waals surface area (Å²) in [7, 11) is -3.02. The fraction of sp³-hybridized carbons (Fsp3) is 1.00. The molecule has 1 saturated heterocycles. The smallest absolute Gasteiger partial charge is 0.208 e. The molecule has 0 aromatic rings. The number of sulfonamides is 1.